The number of nitrogens with zero attached hydrogens (tertiary/aromatic N) is 2. The summed E-state index contributed by atoms with van der Waals surface area (Å²) in [7, 11) is 5.78. The summed E-state index contributed by atoms with van der Waals surface area (Å²) in [6.07, 6.45) is 0. The first-order chi connectivity index (χ1) is 11.5. The molecule has 0 saturated carbocycles. The second-order valence-electron chi connectivity index (χ2n) is 6.64. The second-order valence-corrected chi connectivity index (χ2v) is 6.64. The predicted octanol–water partition coefficient (Wildman–Crippen LogP) is 2.37. The van der Waals surface area contributed by atoms with Gasteiger partial charge in [-0.1, -0.05) is 35.3 Å². The molecule has 0 N–H and O–H groups in total. The minimum Gasteiger partial charge on any atom is -0.368 e. The molecule has 3 rings (SSSR count). The zero-order valence-electron chi connectivity index (χ0n) is 14.7. The van der Waals surface area contributed by atoms with E-state index in [1.807, 2.05) is 24.0 Å². The third-order valence-electron chi connectivity index (χ3n) is 4.74. The number of hydrogen-bond donors (Lipinski definition) is 0. The summed E-state index contributed by atoms with van der Waals surface area (Å²) in [5, 5.41) is 0. The zero-order valence-corrected chi connectivity index (χ0v) is 14.7. The highest BCUT2D eigenvalue weighted by Gasteiger charge is 2.23. The number of carbonyl (C=O) groups is 1. The quantitative estimate of drug-likeness (QED) is 0.794. The van der Waals surface area contributed by atoms with Crippen LogP contribution in [0.2, 0.25) is 0 Å². The van der Waals surface area contributed by atoms with Crippen molar-refractivity contribution in [2.75, 3.05) is 31.1 Å². The number of amides is 1. The Morgan fingerprint density at radius 2 is 1.62 bits per heavy atom. The largest absolute Gasteiger partial charge is 0.368 e. The van der Waals surface area contributed by atoms with E-state index in [-0.39, 0.29) is 5.91 Å². The van der Waals surface area contributed by atoms with Gasteiger partial charge in [0.05, 0.1) is 0 Å². The van der Waals surface area contributed by atoms with Crippen LogP contribution in [0.4, 0.5) is 5.69 Å². The number of carbonyl (C=O) groups excluding carboxylic acids is 1. The van der Waals surface area contributed by atoms with Gasteiger partial charge in [0, 0.05) is 37.4 Å². The molecule has 0 aliphatic carbocycles. The molecule has 0 spiro atoms. The molecule has 1 aliphatic heterocycles. The Hall–Kier alpha value is -2.23. The van der Waals surface area contributed by atoms with Crippen molar-refractivity contribution in [1.82, 2.24) is 4.90 Å². The summed E-state index contributed by atoms with van der Waals surface area (Å²) in [6.45, 7) is 9.43. The molecule has 2 aromatic rings. The monoisotopic (exact) mass is 318 g/mol. The smallest absolute Gasteiger partial charge is 0.254 e. The molecule has 1 amide bonds. The van der Waals surface area contributed by atoms with Gasteiger partial charge in [0.15, 0.2) is 0 Å². The standard InChI is InChI=1S/C20H23BN2O/c1-14-4-7-19(16(3)12-14)22-8-10-23(11-9-22)20(24)18-6-5-17(21)13-15(18)2/h4-7,12-13H,8-11H2,1-3H3. The van der Waals surface area contributed by atoms with E-state index >= 15 is 0 Å². The van der Waals surface area contributed by atoms with Crippen LogP contribution in [-0.4, -0.2) is 44.8 Å². The lowest BCUT2D eigenvalue weighted by Gasteiger charge is -2.37. The molecule has 0 aromatic heterocycles. The van der Waals surface area contributed by atoms with Crippen LogP contribution in [0.5, 0.6) is 0 Å². The van der Waals surface area contributed by atoms with E-state index in [0.29, 0.717) is 5.46 Å². The van der Waals surface area contributed by atoms with Gasteiger partial charge in [0.2, 0.25) is 0 Å². The van der Waals surface area contributed by atoms with Crippen LogP contribution >= 0.6 is 0 Å². The van der Waals surface area contributed by atoms with E-state index in [4.69, 9.17) is 7.85 Å². The topological polar surface area (TPSA) is 23.6 Å². The number of benzene rings is 2. The average Bonchev–Trinajstić information content (AvgIpc) is 2.54. The minimum atomic E-state index is 0.104. The molecule has 2 radical (unpaired) electrons. The van der Waals surface area contributed by atoms with Gasteiger partial charge in [-0.25, -0.2) is 0 Å². The Bertz CT molecular complexity index is 764. The summed E-state index contributed by atoms with van der Waals surface area (Å²) >= 11 is 0. The number of rotatable bonds is 2. The third kappa shape index (κ3) is 3.33. The van der Waals surface area contributed by atoms with E-state index in [1.54, 1.807) is 6.07 Å². The summed E-state index contributed by atoms with van der Waals surface area (Å²) < 4.78 is 0. The number of hydrogen-bond acceptors (Lipinski definition) is 2. The molecule has 24 heavy (non-hydrogen) atoms. The first-order valence-corrected chi connectivity index (χ1v) is 8.43. The third-order valence-corrected chi connectivity index (χ3v) is 4.74. The summed E-state index contributed by atoms with van der Waals surface area (Å²) in [6, 6.07) is 12.0. The molecule has 1 aliphatic rings. The van der Waals surface area contributed by atoms with Gasteiger partial charge in [-0.3, -0.25) is 4.79 Å². The Labute approximate surface area is 145 Å². The number of anilines is 1. The van der Waals surface area contributed by atoms with Crippen molar-refractivity contribution in [1.29, 1.82) is 0 Å². The van der Waals surface area contributed by atoms with Gasteiger partial charge in [-0.05, 0) is 44.0 Å². The van der Waals surface area contributed by atoms with Gasteiger partial charge in [-0.2, -0.15) is 0 Å². The van der Waals surface area contributed by atoms with Gasteiger partial charge in [0.25, 0.3) is 5.91 Å². The van der Waals surface area contributed by atoms with Crippen LogP contribution in [0.15, 0.2) is 36.4 Å². The lowest BCUT2D eigenvalue weighted by atomic mass is 9.92. The Balaban J connectivity index is 1.69. The second kappa shape index (κ2) is 6.72. The number of aryl methyl sites for hydroxylation is 3. The molecule has 0 bridgehead atoms. The lowest BCUT2D eigenvalue weighted by Crippen LogP contribution is -2.49. The molecule has 4 heteroatoms. The molecule has 3 nitrogen and oxygen atoms in total. The van der Waals surface area contributed by atoms with E-state index in [1.165, 1.54) is 16.8 Å². The molecule has 122 valence electrons. The Morgan fingerprint density at radius 1 is 0.917 bits per heavy atom. The highest BCUT2D eigenvalue weighted by atomic mass is 16.2. The van der Waals surface area contributed by atoms with Crippen molar-refractivity contribution in [3.05, 3.63) is 58.7 Å². The molecular formula is C20H23BN2O. The predicted molar refractivity (Wildman–Crippen MR) is 101 cm³/mol. The highest BCUT2D eigenvalue weighted by molar-refractivity contribution is 6.32. The van der Waals surface area contributed by atoms with Crippen LogP contribution in [0.3, 0.4) is 0 Å². The van der Waals surface area contributed by atoms with Crippen molar-refractivity contribution >= 4 is 24.9 Å². The van der Waals surface area contributed by atoms with Gasteiger partial charge >= 0.3 is 0 Å². The SMILES string of the molecule is [B]c1ccc(C(=O)N2CCN(c3ccc(C)cc3C)CC2)c(C)c1. The molecule has 1 heterocycles. The van der Waals surface area contributed by atoms with Crippen LogP contribution in [0, 0.1) is 20.8 Å². The van der Waals surface area contributed by atoms with Crippen molar-refractivity contribution in [3.63, 3.8) is 0 Å². The molecular weight excluding hydrogens is 295 g/mol. The van der Waals surface area contributed by atoms with E-state index in [2.05, 4.69) is 36.9 Å². The normalized spacial score (nSPS) is 14.8. The lowest BCUT2D eigenvalue weighted by molar-refractivity contribution is 0.0746. The zero-order chi connectivity index (χ0) is 17.3. The maximum absolute atomic E-state index is 12.8. The highest BCUT2D eigenvalue weighted by Crippen LogP contribution is 2.23. The van der Waals surface area contributed by atoms with Gasteiger partial charge in [-0.15, -0.1) is 0 Å². The maximum Gasteiger partial charge on any atom is 0.254 e. The van der Waals surface area contributed by atoms with Crippen LogP contribution in [-0.2, 0) is 0 Å². The minimum absolute atomic E-state index is 0.104. The summed E-state index contributed by atoms with van der Waals surface area (Å²) in [5.41, 5.74) is 6.24. The van der Waals surface area contributed by atoms with Crippen LogP contribution < -0.4 is 10.4 Å². The molecule has 2 aromatic carbocycles. The summed E-state index contributed by atoms with van der Waals surface area (Å²) in [4.78, 5) is 17.1. The fourth-order valence-corrected chi connectivity index (χ4v) is 3.41. The fourth-order valence-electron chi connectivity index (χ4n) is 3.41. The van der Waals surface area contributed by atoms with Crippen molar-refractivity contribution < 1.29 is 4.79 Å². The van der Waals surface area contributed by atoms with Crippen molar-refractivity contribution in [2.45, 2.75) is 20.8 Å². The first kappa shape index (κ1) is 16.6. The maximum atomic E-state index is 12.8. The molecule has 1 saturated heterocycles. The van der Waals surface area contributed by atoms with Crippen molar-refractivity contribution in [2.24, 2.45) is 0 Å². The fraction of sp³-hybridized carbons (Fsp3) is 0.350. The first-order valence-electron chi connectivity index (χ1n) is 8.43. The van der Waals surface area contributed by atoms with E-state index in [9.17, 15) is 4.79 Å². The van der Waals surface area contributed by atoms with Crippen LogP contribution in [0.1, 0.15) is 27.0 Å². The Morgan fingerprint density at radius 3 is 2.25 bits per heavy atom. The van der Waals surface area contributed by atoms with Crippen molar-refractivity contribution in [3.8, 4) is 0 Å². The van der Waals surface area contributed by atoms with E-state index in [0.717, 1.165) is 37.3 Å². The van der Waals surface area contributed by atoms with E-state index < -0.39 is 0 Å². The molecule has 1 fully saturated rings. The number of piperazine rings is 1. The molecule has 0 atom stereocenters. The van der Waals surface area contributed by atoms with Gasteiger partial charge in [0.1, 0.15) is 7.85 Å². The average molecular weight is 318 g/mol. The van der Waals surface area contributed by atoms with Gasteiger partial charge < -0.3 is 9.80 Å². The Kier molecular flexibility index (Phi) is 4.65. The summed E-state index contributed by atoms with van der Waals surface area (Å²) in [5.74, 6) is 0.104. The van der Waals surface area contributed by atoms with Crippen LogP contribution in [0.25, 0.3) is 0 Å². The molecule has 0 unspecified atom stereocenters.